The third-order valence-corrected chi connectivity index (χ3v) is 4.09. The summed E-state index contributed by atoms with van der Waals surface area (Å²) in [5.74, 6) is 1.83. The summed E-state index contributed by atoms with van der Waals surface area (Å²) >= 11 is 12.0. The number of ether oxygens (including phenoxy) is 1. The monoisotopic (exact) mass is 393 g/mol. The molecule has 0 saturated carbocycles. The van der Waals surface area contributed by atoms with Crippen LogP contribution < -0.4 is 4.74 Å². The van der Waals surface area contributed by atoms with Crippen molar-refractivity contribution in [1.29, 1.82) is 5.26 Å². The molecule has 0 aliphatic carbocycles. The fourth-order valence-corrected chi connectivity index (χ4v) is 2.73. The van der Waals surface area contributed by atoms with Crippen LogP contribution in [0, 0.1) is 18.3 Å². The topological polar surface area (TPSA) is 50.8 Å². The molecule has 128 valence electrons. The maximum atomic E-state index is 9.30. The Hall–Kier alpha value is -2.19. The molecule has 3 aromatic rings. The van der Waals surface area contributed by atoms with E-state index in [1.54, 1.807) is 30.5 Å². The number of benzene rings is 2. The summed E-state index contributed by atoms with van der Waals surface area (Å²) in [4.78, 5) is 4.21. The van der Waals surface area contributed by atoms with Crippen LogP contribution in [-0.4, -0.2) is 9.55 Å². The van der Waals surface area contributed by atoms with Gasteiger partial charge in [-0.3, -0.25) is 0 Å². The van der Waals surface area contributed by atoms with Crippen LogP contribution in [0.1, 0.15) is 17.0 Å². The van der Waals surface area contributed by atoms with E-state index in [1.807, 2.05) is 29.8 Å². The van der Waals surface area contributed by atoms with Gasteiger partial charge in [0.15, 0.2) is 0 Å². The average molecular weight is 395 g/mol. The predicted molar refractivity (Wildman–Crippen MR) is 101 cm³/mol. The second-order valence-electron chi connectivity index (χ2n) is 5.22. The van der Waals surface area contributed by atoms with Crippen molar-refractivity contribution < 1.29 is 4.74 Å². The molecule has 0 N–H and O–H groups in total. The van der Waals surface area contributed by atoms with Crippen molar-refractivity contribution in [2.45, 2.75) is 13.5 Å². The Morgan fingerprint density at radius 2 is 1.96 bits per heavy atom. The van der Waals surface area contributed by atoms with Gasteiger partial charge >= 0.3 is 0 Å². The van der Waals surface area contributed by atoms with E-state index in [0.717, 1.165) is 11.4 Å². The summed E-state index contributed by atoms with van der Waals surface area (Å²) in [6, 6.07) is 12.6. The molecule has 0 aliphatic heterocycles. The van der Waals surface area contributed by atoms with Crippen molar-refractivity contribution in [2.24, 2.45) is 0 Å². The lowest BCUT2D eigenvalue weighted by molar-refractivity contribution is 0.480. The number of halogens is 3. The molecule has 3 rings (SSSR count). The number of hydrogen-bond acceptors (Lipinski definition) is 3. The number of imidazole rings is 1. The van der Waals surface area contributed by atoms with Crippen molar-refractivity contribution in [2.75, 3.05) is 0 Å². The molecule has 0 radical (unpaired) electrons. The van der Waals surface area contributed by atoms with E-state index >= 15 is 0 Å². The van der Waals surface area contributed by atoms with Gasteiger partial charge in [-0.1, -0.05) is 29.3 Å². The number of rotatable bonds is 4. The Morgan fingerprint density at radius 3 is 2.60 bits per heavy atom. The van der Waals surface area contributed by atoms with Gasteiger partial charge in [0.2, 0.25) is 0 Å². The molecule has 1 aromatic heterocycles. The average Bonchev–Trinajstić information content (AvgIpc) is 2.95. The van der Waals surface area contributed by atoms with E-state index in [0.29, 0.717) is 33.7 Å². The molecule has 4 nitrogen and oxygen atoms in total. The number of hydrogen-bond donors (Lipinski definition) is 0. The Kier molecular flexibility index (Phi) is 6.33. The molecule has 2 aromatic carbocycles. The smallest absolute Gasteiger partial charge is 0.146 e. The lowest BCUT2D eigenvalue weighted by Gasteiger charge is -2.12. The molecule has 0 fully saturated rings. The first-order valence-electron chi connectivity index (χ1n) is 7.20. The van der Waals surface area contributed by atoms with Crippen LogP contribution in [-0.2, 0) is 6.54 Å². The zero-order valence-corrected chi connectivity index (χ0v) is 15.6. The summed E-state index contributed by atoms with van der Waals surface area (Å²) < 4.78 is 7.85. The number of aromatic nitrogens is 2. The fourth-order valence-electron chi connectivity index (χ4n) is 2.29. The Bertz CT molecular complexity index is 932. The number of nitrogens with zero attached hydrogens (tertiary/aromatic N) is 3. The summed E-state index contributed by atoms with van der Waals surface area (Å²) in [6.07, 6.45) is 3.66. The van der Waals surface area contributed by atoms with Gasteiger partial charge in [0.1, 0.15) is 23.4 Å². The molecule has 1 heterocycles. The van der Waals surface area contributed by atoms with E-state index in [9.17, 15) is 5.26 Å². The second kappa shape index (κ2) is 8.26. The minimum atomic E-state index is 0. The van der Waals surface area contributed by atoms with Crippen molar-refractivity contribution >= 4 is 35.6 Å². The highest BCUT2D eigenvalue weighted by Crippen LogP contribution is 2.33. The molecule has 7 heteroatoms. The zero-order valence-electron chi connectivity index (χ0n) is 13.2. The molecule has 25 heavy (non-hydrogen) atoms. The third-order valence-electron chi connectivity index (χ3n) is 3.56. The van der Waals surface area contributed by atoms with E-state index in [1.165, 1.54) is 0 Å². The predicted octanol–water partition coefficient (Wildman–Crippen LogP) is 5.63. The molecule has 0 amide bonds. The number of aryl methyl sites for hydroxylation is 1. The van der Waals surface area contributed by atoms with Crippen molar-refractivity contribution in [3.8, 4) is 17.6 Å². The van der Waals surface area contributed by atoms with E-state index in [4.69, 9.17) is 27.9 Å². The lowest BCUT2D eigenvalue weighted by Crippen LogP contribution is -2.01. The van der Waals surface area contributed by atoms with Crippen molar-refractivity contribution in [3.05, 3.63) is 75.8 Å². The normalized spacial score (nSPS) is 10.0. The maximum absolute atomic E-state index is 9.30. The van der Waals surface area contributed by atoms with Crippen LogP contribution in [0.15, 0.2) is 48.8 Å². The third kappa shape index (κ3) is 4.46. The SMILES string of the molecule is Cc1nccn1Cc1ccc(C#N)c(Oc2ccc(Cl)cc2Cl)c1.Cl. The standard InChI is InChI=1S/C18H13Cl2N3O.ClH/c1-12-22-6-7-23(12)11-13-2-3-14(10-21)18(8-13)24-17-5-4-15(19)9-16(17)20;/h2-9H,11H2,1H3;1H. The number of nitriles is 1. The van der Waals surface area contributed by atoms with Gasteiger partial charge in [-0.2, -0.15) is 5.26 Å². The quantitative estimate of drug-likeness (QED) is 0.576. The highest BCUT2D eigenvalue weighted by molar-refractivity contribution is 6.35. The second-order valence-corrected chi connectivity index (χ2v) is 6.07. The minimum Gasteiger partial charge on any atom is -0.454 e. The van der Waals surface area contributed by atoms with Gasteiger partial charge in [-0.25, -0.2) is 4.98 Å². The Balaban J connectivity index is 0.00000225. The molecule has 0 spiro atoms. The molecule has 0 saturated heterocycles. The highest BCUT2D eigenvalue weighted by Gasteiger charge is 2.10. The molecule has 0 unspecified atom stereocenters. The van der Waals surface area contributed by atoms with Crippen molar-refractivity contribution in [3.63, 3.8) is 0 Å². The van der Waals surface area contributed by atoms with Gasteiger partial charge in [0.05, 0.1) is 10.6 Å². The molecular formula is C18H14Cl3N3O. The largest absolute Gasteiger partial charge is 0.454 e. The minimum absolute atomic E-state index is 0. The molecule has 0 atom stereocenters. The summed E-state index contributed by atoms with van der Waals surface area (Å²) in [6.45, 7) is 2.58. The highest BCUT2D eigenvalue weighted by atomic mass is 35.5. The van der Waals surface area contributed by atoms with Crippen LogP contribution in [0.25, 0.3) is 0 Å². The zero-order chi connectivity index (χ0) is 17.1. The summed E-state index contributed by atoms with van der Waals surface area (Å²) in [7, 11) is 0. The van der Waals surface area contributed by atoms with Crippen LogP contribution in [0.4, 0.5) is 0 Å². The van der Waals surface area contributed by atoms with Gasteiger partial charge in [0, 0.05) is 24.0 Å². The molecule has 0 aliphatic rings. The first kappa shape index (κ1) is 19.1. The summed E-state index contributed by atoms with van der Waals surface area (Å²) in [5.41, 5.74) is 1.43. The van der Waals surface area contributed by atoms with Crippen LogP contribution in [0.2, 0.25) is 10.0 Å². The van der Waals surface area contributed by atoms with Gasteiger partial charge in [0.25, 0.3) is 0 Å². The lowest BCUT2D eigenvalue weighted by atomic mass is 10.1. The molecule has 0 bridgehead atoms. The van der Waals surface area contributed by atoms with Crippen LogP contribution in [0.5, 0.6) is 11.5 Å². The first-order chi connectivity index (χ1) is 11.6. The van der Waals surface area contributed by atoms with E-state index < -0.39 is 0 Å². The Labute approximate surface area is 162 Å². The maximum Gasteiger partial charge on any atom is 0.146 e. The van der Waals surface area contributed by atoms with Gasteiger partial charge < -0.3 is 9.30 Å². The Morgan fingerprint density at radius 1 is 1.16 bits per heavy atom. The fraction of sp³-hybridized carbons (Fsp3) is 0.111. The van der Waals surface area contributed by atoms with E-state index in [-0.39, 0.29) is 12.4 Å². The van der Waals surface area contributed by atoms with Gasteiger partial charge in [-0.05, 0) is 42.8 Å². The van der Waals surface area contributed by atoms with Crippen LogP contribution in [0.3, 0.4) is 0 Å². The van der Waals surface area contributed by atoms with Gasteiger partial charge in [-0.15, -0.1) is 12.4 Å². The van der Waals surface area contributed by atoms with Crippen molar-refractivity contribution in [1.82, 2.24) is 9.55 Å². The van der Waals surface area contributed by atoms with E-state index in [2.05, 4.69) is 11.1 Å². The van der Waals surface area contributed by atoms with Crippen LogP contribution >= 0.6 is 35.6 Å². The summed E-state index contributed by atoms with van der Waals surface area (Å²) in [5, 5.41) is 10.2. The first-order valence-corrected chi connectivity index (χ1v) is 7.96. The molecular weight excluding hydrogens is 381 g/mol.